The Balaban J connectivity index is 2.37. The topological polar surface area (TPSA) is 15.3 Å². The SMILES string of the molecule is CCCNC(C)C1CCCN(C(C)CCC)C1. The maximum absolute atomic E-state index is 3.67. The molecular formula is C15H32N2. The maximum Gasteiger partial charge on any atom is 0.00792 e. The van der Waals surface area contributed by atoms with E-state index in [4.69, 9.17) is 0 Å². The van der Waals surface area contributed by atoms with Crippen molar-refractivity contribution in [3.05, 3.63) is 0 Å². The Labute approximate surface area is 108 Å². The molecule has 3 atom stereocenters. The molecule has 0 amide bonds. The monoisotopic (exact) mass is 240 g/mol. The summed E-state index contributed by atoms with van der Waals surface area (Å²) in [5, 5.41) is 3.67. The van der Waals surface area contributed by atoms with Crippen LogP contribution in [-0.4, -0.2) is 36.6 Å². The highest BCUT2D eigenvalue weighted by molar-refractivity contribution is 4.82. The summed E-state index contributed by atoms with van der Waals surface area (Å²) in [6, 6.07) is 1.47. The van der Waals surface area contributed by atoms with Gasteiger partial charge in [-0.3, -0.25) is 0 Å². The largest absolute Gasteiger partial charge is 0.314 e. The number of hydrogen-bond donors (Lipinski definition) is 1. The van der Waals surface area contributed by atoms with E-state index in [1.165, 1.54) is 51.7 Å². The molecule has 0 bridgehead atoms. The third-order valence-electron chi connectivity index (χ3n) is 4.24. The van der Waals surface area contributed by atoms with Crippen LogP contribution in [0.2, 0.25) is 0 Å². The van der Waals surface area contributed by atoms with E-state index in [9.17, 15) is 0 Å². The van der Waals surface area contributed by atoms with Gasteiger partial charge in [-0.05, 0) is 58.5 Å². The fourth-order valence-electron chi connectivity index (χ4n) is 2.99. The van der Waals surface area contributed by atoms with E-state index >= 15 is 0 Å². The summed E-state index contributed by atoms with van der Waals surface area (Å²) < 4.78 is 0. The summed E-state index contributed by atoms with van der Waals surface area (Å²) in [7, 11) is 0. The summed E-state index contributed by atoms with van der Waals surface area (Å²) >= 11 is 0. The van der Waals surface area contributed by atoms with E-state index < -0.39 is 0 Å². The number of nitrogens with zero attached hydrogens (tertiary/aromatic N) is 1. The van der Waals surface area contributed by atoms with Crippen molar-refractivity contribution in [3.63, 3.8) is 0 Å². The van der Waals surface area contributed by atoms with Gasteiger partial charge in [0.25, 0.3) is 0 Å². The van der Waals surface area contributed by atoms with Crippen molar-refractivity contribution < 1.29 is 0 Å². The predicted molar refractivity (Wildman–Crippen MR) is 76.4 cm³/mol. The lowest BCUT2D eigenvalue weighted by atomic mass is 9.90. The molecule has 1 fully saturated rings. The van der Waals surface area contributed by atoms with Crippen LogP contribution in [0.5, 0.6) is 0 Å². The Bertz CT molecular complexity index is 193. The van der Waals surface area contributed by atoms with Crippen molar-refractivity contribution in [2.75, 3.05) is 19.6 Å². The molecule has 1 saturated heterocycles. The Kier molecular flexibility index (Phi) is 7.14. The lowest BCUT2D eigenvalue weighted by molar-refractivity contribution is 0.109. The van der Waals surface area contributed by atoms with E-state index in [1.54, 1.807) is 0 Å². The molecule has 1 aliphatic heterocycles. The van der Waals surface area contributed by atoms with Crippen LogP contribution in [0.3, 0.4) is 0 Å². The van der Waals surface area contributed by atoms with E-state index in [2.05, 4.69) is 37.9 Å². The van der Waals surface area contributed by atoms with Gasteiger partial charge < -0.3 is 10.2 Å². The van der Waals surface area contributed by atoms with Crippen LogP contribution in [0.15, 0.2) is 0 Å². The van der Waals surface area contributed by atoms with Crippen molar-refractivity contribution in [3.8, 4) is 0 Å². The van der Waals surface area contributed by atoms with Crippen molar-refractivity contribution >= 4 is 0 Å². The quantitative estimate of drug-likeness (QED) is 0.735. The molecule has 1 N–H and O–H groups in total. The Morgan fingerprint density at radius 1 is 1.24 bits per heavy atom. The zero-order chi connectivity index (χ0) is 12.7. The lowest BCUT2D eigenvalue weighted by Gasteiger charge is -2.39. The molecule has 0 saturated carbocycles. The number of nitrogens with one attached hydrogen (secondary N) is 1. The average Bonchev–Trinajstić information content (AvgIpc) is 2.36. The molecule has 2 nitrogen and oxygen atoms in total. The lowest BCUT2D eigenvalue weighted by Crippen LogP contribution is -2.47. The van der Waals surface area contributed by atoms with Crippen LogP contribution >= 0.6 is 0 Å². The van der Waals surface area contributed by atoms with Crippen LogP contribution in [0.25, 0.3) is 0 Å². The second-order valence-electron chi connectivity index (χ2n) is 5.78. The normalized spacial score (nSPS) is 25.8. The molecular weight excluding hydrogens is 208 g/mol. The first-order chi connectivity index (χ1) is 8.19. The van der Waals surface area contributed by atoms with Crippen molar-refractivity contribution in [1.29, 1.82) is 0 Å². The van der Waals surface area contributed by atoms with Gasteiger partial charge in [0.1, 0.15) is 0 Å². The zero-order valence-corrected chi connectivity index (χ0v) is 12.3. The Morgan fingerprint density at radius 3 is 2.65 bits per heavy atom. The second kappa shape index (κ2) is 8.10. The van der Waals surface area contributed by atoms with Crippen LogP contribution in [-0.2, 0) is 0 Å². The number of hydrogen-bond acceptors (Lipinski definition) is 2. The fourth-order valence-corrected chi connectivity index (χ4v) is 2.99. The molecule has 17 heavy (non-hydrogen) atoms. The zero-order valence-electron chi connectivity index (χ0n) is 12.3. The predicted octanol–water partition coefficient (Wildman–Crippen LogP) is 3.28. The van der Waals surface area contributed by atoms with E-state index in [-0.39, 0.29) is 0 Å². The van der Waals surface area contributed by atoms with Gasteiger partial charge in [0.15, 0.2) is 0 Å². The standard InChI is InChI=1S/C15H32N2/c1-5-8-13(3)17-11-7-9-15(12-17)14(4)16-10-6-2/h13-16H,5-12H2,1-4H3. The van der Waals surface area contributed by atoms with Gasteiger partial charge in [-0.2, -0.15) is 0 Å². The van der Waals surface area contributed by atoms with E-state index in [0.29, 0.717) is 6.04 Å². The van der Waals surface area contributed by atoms with Crippen molar-refractivity contribution in [1.82, 2.24) is 10.2 Å². The molecule has 0 aromatic heterocycles. The molecule has 0 aliphatic carbocycles. The molecule has 1 rings (SSSR count). The third kappa shape index (κ3) is 4.97. The summed E-state index contributed by atoms with van der Waals surface area (Å²) in [6.07, 6.45) is 6.70. The van der Waals surface area contributed by atoms with E-state index in [1.807, 2.05) is 0 Å². The number of likely N-dealkylation sites (tertiary alicyclic amines) is 1. The maximum atomic E-state index is 3.67. The highest BCUT2D eigenvalue weighted by atomic mass is 15.2. The Morgan fingerprint density at radius 2 is 2.00 bits per heavy atom. The first-order valence-corrected chi connectivity index (χ1v) is 7.66. The van der Waals surface area contributed by atoms with Crippen molar-refractivity contribution in [2.24, 2.45) is 5.92 Å². The molecule has 2 heteroatoms. The molecule has 0 radical (unpaired) electrons. The molecule has 102 valence electrons. The summed E-state index contributed by atoms with van der Waals surface area (Å²) in [5.74, 6) is 0.856. The number of rotatable bonds is 7. The molecule has 1 heterocycles. The summed E-state index contributed by atoms with van der Waals surface area (Å²) in [5.41, 5.74) is 0. The van der Waals surface area contributed by atoms with Gasteiger partial charge >= 0.3 is 0 Å². The summed E-state index contributed by atoms with van der Waals surface area (Å²) in [6.45, 7) is 13.1. The highest BCUT2D eigenvalue weighted by Gasteiger charge is 2.26. The van der Waals surface area contributed by atoms with E-state index in [0.717, 1.165) is 12.0 Å². The molecule has 0 aromatic rings. The minimum absolute atomic E-state index is 0.687. The average molecular weight is 240 g/mol. The highest BCUT2D eigenvalue weighted by Crippen LogP contribution is 2.22. The van der Waals surface area contributed by atoms with Gasteiger partial charge in [0.05, 0.1) is 0 Å². The Hall–Kier alpha value is -0.0800. The second-order valence-corrected chi connectivity index (χ2v) is 5.78. The molecule has 0 spiro atoms. The first-order valence-electron chi connectivity index (χ1n) is 7.66. The van der Waals surface area contributed by atoms with Crippen LogP contribution < -0.4 is 5.32 Å². The van der Waals surface area contributed by atoms with Crippen LogP contribution in [0.1, 0.15) is 59.8 Å². The number of piperidine rings is 1. The van der Waals surface area contributed by atoms with Gasteiger partial charge in [0, 0.05) is 18.6 Å². The smallest absolute Gasteiger partial charge is 0.00792 e. The van der Waals surface area contributed by atoms with Crippen LogP contribution in [0, 0.1) is 5.92 Å². The van der Waals surface area contributed by atoms with Gasteiger partial charge in [-0.25, -0.2) is 0 Å². The minimum Gasteiger partial charge on any atom is -0.314 e. The van der Waals surface area contributed by atoms with Gasteiger partial charge in [-0.1, -0.05) is 20.3 Å². The van der Waals surface area contributed by atoms with Gasteiger partial charge in [-0.15, -0.1) is 0 Å². The minimum atomic E-state index is 0.687. The third-order valence-corrected chi connectivity index (χ3v) is 4.24. The van der Waals surface area contributed by atoms with Gasteiger partial charge in [0.2, 0.25) is 0 Å². The summed E-state index contributed by atoms with van der Waals surface area (Å²) in [4.78, 5) is 2.71. The van der Waals surface area contributed by atoms with Crippen molar-refractivity contribution in [2.45, 2.75) is 71.9 Å². The fraction of sp³-hybridized carbons (Fsp3) is 1.00. The molecule has 1 aliphatic rings. The molecule has 0 aromatic carbocycles. The first kappa shape index (κ1) is 15.0. The van der Waals surface area contributed by atoms with Crippen LogP contribution in [0.4, 0.5) is 0 Å². The molecule has 3 unspecified atom stereocenters.